The first-order chi connectivity index (χ1) is 8.70. The highest BCUT2D eigenvalue weighted by molar-refractivity contribution is 5.94. The van der Waals surface area contributed by atoms with Crippen LogP contribution in [0.15, 0.2) is 24.3 Å². The molecule has 2 rings (SSSR count). The molecule has 1 aromatic rings. The summed E-state index contributed by atoms with van der Waals surface area (Å²) >= 11 is 0. The van der Waals surface area contributed by atoms with E-state index in [0.717, 1.165) is 24.2 Å². The summed E-state index contributed by atoms with van der Waals surface area (Å²) in [7, 11) is 0. The number of amides is 1. The number of carbonyl (C=O) groups excluding carboxylic acids is 1. The van der Waals surface area contributed by atoms with Crippen LogP contribution in [0.25, 0.3) is 0 Å². The Hall–Kier alpha value is -1.35. The minimum atomic E-state index is 0.0432. The fraction of sp³-hybridized carbons (Fsp3) is 0.533. The lowest BCUT2D eigenvalue weighted by Gasteiger charge is -2.22. The third-order valence-corrected chi connectivity index (χ3v) is 3.68. The van der Waals surface area contributed by atoms with Gasteiger partial charge in [-0.3, -0.25) is 9.69 Å². The van der Waals surface area contributed by atoms with Crippen LogP contribution in [0.5, 0.6) is 0 Å². The zero-order chi connectivity index (χ0) is 13.0. The Morgan fingerprint density at radius 1 is 1.50 bits per heavy atom. The Kier molecular flexibility index (Phi) is 4.37. The largest absolute Gasteiger partial charge is 0.350 e. The van der Waals surface area contributed by atoms with Gasteiger partial charge in [-0.2, -0.15) is 0 Å². The summed E-state index contributed by atoms with van der Waals surface area (Å²) in [6.45, 7) is 7.19. The van der Waals surface area contributed by atoms with Gasteiger partial charge in [0, 0.05) is 18.2 Å². The highest BCUT2D eigenvalue weighted by atomic mass is 16.1. The van der Waals surface area contributed by atoms with Crippen molar-refractivity contribution in [1.82, 2.24) is 10.2 Å². The van der Waals surface area contributed by atoms with E-state index in [4.69, 9.17) is 0 Å². The van der Waals surface area contributed by atoms with Crippen molar-refractivity contribution >= 4 is 5.91 Å². The van der Waals surface area contributed by atoms with Gasteiger partial charge in [-0.15, -0.1) is 0 Å². The third kappa shape index (κ3) is 3.10. The van der Waals surface area contributed by atoms with Gasteiger partial charge >= 0.3 is 0 Å². The van der Waals surface area contributed by atoms with E-state index >= 15 is 0 Å². The first kappa shape index (κ1) is 13.1. The molecular weight excluding hydrogens is 224 g/mol. The number of hydrogen-bond acceptors (Lipinski definition) is 2. The van der Waals surface area contributed by atoms with Crippen molar-refractivity contribution in [2.24, 2.45) is 0 Å². The molecule has 1 fully saturated rings. The van der Waals surface area contributed by atoms with E-state index in [1.165, 1.54) is 19.4 Å². The molecule has 1 atom stereocenters. The molecule has 0 unspecified atom stereocenters. The fourth-order valence-electron chi connectivity index (χ4n) is 2.64. The van der Waals surface area contributed by atoms with Crippen LogP contribution in [0.2, 0.25) is 0 Å². The molecule has 1 amide bonds. The molecule has 0 aliphatic carbocycles. The fourth-order valence-corrected chi connectivity index (χ4v) is 2.64. The number of hydrogen-bond donors (Lipinski definition) is 1. The summed E-state index contributed by atoms with van der Waals surface area (Å²) in [5.74, 6) is 0.0432. The first-order valence-electron chi connectivity index (χ1n) is 6.79. The lowest BCUT2D eigenvalue weighted by Crippen LogP contribution is -2.40. The molecule has 0 spiro atoms. The number of carbonyl (C=O) groups is 1. The summed E-state index contributed by atoms with van der Waals surface area (Å²) < 4.78 is 0. The van der Waals surface area contributed by atoms with E-state index < -0.39 is 0 Å². The van der Waals surface area contributed by atoms with E-state index in [1.54, 1.807) is 0 Å². The number of aryl methyl sites for hydroxylation is 1. The monoisotopic (exact) mass is 246 g/mol. The number of rotatable bonds is 4. The Bertz CT molecular complexity index is 417. The Balaban J connectivity index is 1.88. The standard InChI is InChI=1S/C15H22N2O/c1-3-17-9-5-8-14(17)11-16-15(18)13-7-4-6-12(2)10-13/h4,6-7,10,14H,3,5,8-9,11H2,1-2H3,(H,16,18)/t14-/m1/s1. The van der Waals surface area contributed by atoms with Gasteiger partial charge in [0.1, 0.15) is 0 Å². The minimum absolute atomic E-state index is 0.0432. The predicted octanol–water partition coefficient (Wildman–Crippen LogP) is 2.21. The lowest BCUT2D eigenvalue weighted by atomic mass is 10.1. The molecule has 3 nitrogen and oxygen atoms in total. The second-order valence-corrected chi connectivity index (χ2v) is 5.00. The average Bonchev–Trinajstić information content (AvgIpc) is 2.83. The topological polar surface area (TPSA) is 32.3 Å². The van der Waals surface area contributed by atoms with Crippen molar-refractivity contribution in [3.05, 3.63) is 35.4 Å². The summed E-state index contributed by atoms with van der Waals surface area (Å²) in [4.78, 5) is 14.5. The molecule has 0 radical (unpaired) electrons. The van der Waals surface area contributed by atoms with Crippen molar-refractivity contribution in [2.75, 3.05) is 19.6 Å². The minimum Gasteiger partial charge on any atom is -0.350 e. The number of benzene rings is 1. The molecule has 1 N–H and O–H groups in total. The second kappa shape index (κ2) is 6.01. The zero-order valence-corrected chi connectivity index (χ0v) is 11.3. The van der Waals surface area contributed by atoms with Crippen LogP contribution in [0, 0.1) is 6.92 Å². The normalized spacial score (nSPS) is 20.0. The lowest BCUT2D eigenvalue weighted by molar-refractivity contribution is 0.0941. The molecule has 0 aromatic heterocycles. The highest BCUT2D eigenvalue weighted by Gasteiger charge is 2.23. The van der Waals surface area contributed by atoms with Gasteiger partial charge < -0.3 is 5.32 Å². The molecule has 1 saturated heterocycles. The van der Waals surface area contributed by atoms with Crippen molar-refractivity contribution in [1.29, 1.82) is 0 Å². The maximum Gasteiger partial charge on any atom is 0.251 e. The van der Waals surface area contributed by atoms with Crippen molar-refractivity contribution in [3.63, 3.8) is 0 Å². The molecule has 3 heteroatoms. The number of likely N-dealkylation sites (N-methyl/N-ethyl adjacent to an activating group) is 1. The van der Waals surface area contributed by atoms with E-state index in [-0.39, 0.29) is 5.91 Å². The Morgan fingerprint density at radius 2 is 2.33 bits per heavy atom. The van der Waals surface area contributed by atoms with Crippen LogP contribution in [-0.4, -0.2) is 36.5 Å². The molecule has 1 aromatic carbocycles. The summed E-state index contributed by atoms with van der Waals surface area (Å²) in [6.07, 6.45) is 2.45. The predicted molar refractivity (Wildman–Crippen MR) is 73.8 cm³/mol. The van der Waals surface area contributed by atoms with E-state index in [1.807, 2.05) is 31.2 Å². The van der Waals surface area contributed by atoms with Crippen LogP contribution in [0.4, 0.5) is 0 Å². The second-order valence-electron chi connectivity index (χ2n) is 5.00. The highest BCUT2D eigenvalue weighted by Crippen LogP contribution is 2.15. The Morgan fingerprint density at radius 3 is 3.06 bits per heavy atom. The van der Waals surface area contributed by atoms with Gasteiger partial charge in [0.25, 0.3) is 5.91 Å². The molecular formula is C15H22N2O. The van der Waals surface area contributed by atoms with Crippen molar-refractivity contribution < 1.29 is 4.79 Å². The van der Waals surface area contributed by atoms with Crippen LogP contribution in [0.1, 0.15) is 35.7 Å². The molecule has 1 heterocycles. The number of nitrogens with zero attached hydrogens (tertiary/aromatic N) is 1. The smallest absolute Gasteiger partial charge is 0.251 e. The summed E-state index contributed by atoms with van der Waals surface area (Å²) in [5.41, 5.74) is 1.88. The third-order valence-electron chi connectivity index (χ3n) is 3.68. The molecule has 1 aliphatic heterocycles. The van der Waals surface area contributed by atoms with Crippen molar-refractivity contribution in [2.45, 2.75) is 32.7 Å². The van der Waals surface area contributed by atoms with Crippen LogP contribution in [-0.2, 0) is 0 Å². The van der Waals surface area contributed by atoms with Crippen LogP contribution >= 0.6 is 0 Å². The molecule has 98 valence electrons. The van der Waals surface area contributed by atoms with Gasteiger partial charge in [-0.1, -0.05) is 24.6 Å². The van der Waals surface area contributed by atoms with E-state index in [0.29, 0.717) is 6.04 Å². The maximum absolute atomic E-state index is 12.0. The molecule has 0 bridgehead atoms. The SMILES string of the molecule is CCN1CCC[C@@H]1CNC(=O)c1cccc(C)c1. The van der Waals surface area contributed by atoms with Gasteiger partial charge in [0.15, 0.2) is 0 Å². The maximum atomic E-state index is 12.0. The number of likely N-dealkylation sites (tertiary alicyclic amines) is 1. The molecule has 1 aliphatic rings. The van der Waals surface area contributed by atoms with Crippen molar-refractivity contribution in [3.8, 4) is 0 Å². The first-order valence-corrected chi connectivity index (χ1v) is 6.79. The summed E-state index contributed by atoms with van der Waals surface area (Å²) in [5, 5.41) is 3.05. The van der Waals surface area contributed by atoms with E-state index in [9.17, 15) is 4.79 Å². The van der Waals surface area contributed by atoms with Gasteiger partial charge in [-0.25, -0.2) is 0 Å². The quantitative estimate of drug-likeness (QED) is 0.883. The zero-order valence-electron chi connectivity index (χ0n) is 11.3. The van der Waals surface area contributed by atoms with Gasteiger partial charge in [0.2, 0.25) is 0 Å². The van der Waals surface area contributed by atoms with Crippen LogP contribution < -0.4 is 5.32 Å². The number of nitrogens with one attached hydrogen (secondary N) is 1. The Labute approximate surface area is 109 Å². The molecule has 18 heavy (non-hydrogen) atoms. The van der Waals surface area contributed by atoms with Gasteiger partial charge in [-0.05, 0) is 45.0 Å². The van der Waals surface area contributed by atoms with E-state index in [2.05, 4.69) is 17.1 Å². The summed E-state index contributed by atoms with van der Waals surface area (Å²) in [6, 6.07) is 8.25. The van der Waals surface area contributed by atoms with Gasteiger partial charge in [0.05, 0.1) is 0 Å². The average molecular weight is 246 g/mol. The van der Waals surface area contributed by atoms with Crippen LogP contribution in [0.3, 0.4) is 0 Å². The molecule has 0 saturated carbocycles.